The van der Waals surface area contributed by atoms with Crippen LogP contribution in [0.3, 0.4) is 0 Å². The second-order valence-corrected chi connectivity index (χ2v) is 7.09. The number of nitrogens with two attached hydrogens (primary N) is 1. The van der Waals surface area contributed by atoms with Crippen LogP contribution in [0.5, 0.6) is 0 Å². The number of carbonyl (C=O) groups is 1. The Morgan fingerprint density at radius 3 is 2.71 bits per heavy atom. The number of anilines is 1. The first-order valence-corrected chi connectivity index (χ1v) is 7.99. The molecular formula is C15H20N4OS. The Morgan fingerprint density at radius 1 is 1.43 bits per heavy atom. The minimum atomic E-state index is -0.00773. The van der Waals surface area contributed by atoms with Gasteiger partial charge in [0.2, 0.25) is 0 Å². The van der Waals surface area contributed by atoms with Crippen molar-refractivity contribution >= 4 is 33.1 Å². The second kappa shape index (κ2) is 4.94. The summed E-state index contributed by atoms with van der Waals surface area (Å²) in [6.07, 6.45) is 1.21. The van der Waals surface area contributed by atoms with Crippen LogP contribution in [0.15, 0.2) is 0 Å². The molecule has 112 valence electrons. The Kier molecular flexibility index (Phi) is 3.36. The number of aryl methyl sites for hydroxylation is 2. The van der Waals surface area contributed by atoms with E-state index < -0.39 is 0 Å². The van der Waals surface area contributed by atoms with E-state index in [-0.39, 0.29) is 5.91 Å². The van der Waals surface area contributed by atoms with Crippen molar-refractivity contribution in [1.82, 2.24) is 15.1 Å². The molecule has 21 heavy (non-hydrogen) atoms. The van der Waals surface area contributed by atoms with E-state index in [0.717, 1.165) is 33.9 Å². The first kappa shape index (κ1) is 14.3. The molecule has 1 fully saturated rings. The minimum absolute atomic E-state index is 0.00773. The standard InChI is InChI=1S/C15H20N4OS/c1-7-5-10(7)6-19(4)15(20)13-12(16)11-8(2)9(3)17-18-14(11)21-13/h7,10H,5-6,16H2,1-4H3. The summed E-state index contributed by atoms with van der Waals surface area (Å²) in [4.78, 5) is 15.7. The van der Waals surface area contributed by atoms with E-state index in [1.807, 2.05) is 20.9 Å². The highest BCUT2D eigenvalue weighted by atomic mass is 32.1. The van der Waals surface area contributed by atoms with Crippen LogP contribution in [0.1, 0.15) is 34.3 Å². The SMILES string of the molecule is Cc1nnc2sc(C(=O)N(C)CC3CC3C)c(N)c2c1C. The van der Waals surface area contributed by atoms with Crippen molar-refractivity contribution in [1.29, 1.82) is 0 Å². The van der Waals surface area contributed by atoms with Gasteiger partial charge in [-0.15, -0.1) is 16.4 Å². The number of hydrogen-bond acceptors (Lipinski definition) is 5. The van der Waals surface area contributed by atoms with Crippen LogP contribution in [0.25, 0.3) is 10.2 Å². The van der Waals surface area contributed by atoms with E-state index >= 15 is 0 Å². The van der Waals surface area contributed by atoms with E-state index in [1.54, 1.807) is 4.90 Å². The van der Waals surface area contributed by atoms with Crippen LogP contribution in [0, 0.1) is 25.7 Å². The lowest BCUT2D eigenvalue weighted by Gasteiger charge is -2.16. The van der Waals surface area contributed by atoms with Crippen molar-refractivity contribution in [3.8, 4) is 0 Å². The number of aromatic nitrogens is 2. The highest BCUT2D eigenvalue weighted by Crippen LogP contribution is 2.39. The summed E-state index contributed by atoms with van der Waals surface area (Å²) in [6, 6.07) is 0. The summed E-state index contributed by atoms with van der Waals surface area (Å²) in [5, 5.41) is 9.16. The quantitative estimate of drug-likeness (QED) is 0.946. The lowest BCUT2D eigenvalue weighted by molar-refractivity contribution is 0.0793. The van der Waals surface area contributed by atoms with E-state index in [9.17, 15) is 4.79 Å². The van der Waals surface area contributed by atoms with Gasteiger partial charge in [-0.2, -0.15) is 5.10 Å². The van der Waals surface area contributed by atoms with Gasteiger partial charge >= 0.3 is 0 Å². The molecular weight excluding hydrogens is 284 g/mol. The van der Waals surface area contributed by atoms with E-state index in [1.165, 1.54) is 17.8 Å². The van der Waals surface area contributed by atoms with Crippen LogP contribution < -0.4 is 5.73 Å². The van der Waals surface area contributed by atoms with Crippen molar-refractivity contribution in [2.24, 2.45) is 11.8 Å². The van der Waals surface area contributed by atoms with Crippen molar-refractivity contribution in [2.45, 2.75) is 27.2 Å². The zero-order valence-corrected chi connectivity index (χ0v) is 13.6. The molecule has 2 N–H and O–H groups in total. The number of nitrogens with zero attached hydrogens (tertiary/aromatic N) is 3. The van der Waals surface area contributed by atoms with Crippen LogP contribution >= 0.6 is 11.3 Å². The predicted octanol–water partition coefficient (Wildman–Crippen LogP) is 2.62. The van der Waals surface area contributed by atoms with Crippen molar-refractivity contribution in [3.05, 3.63) is 16.1 Å². The average molecular weight is 304 g/mol. The Labute approximate surface area is 128 Å². The average Bonchev–Trinajstić information content (AvgIpc) is 3.02. The van der Waals surface area contributed by atoms with Gasteiger partial charge in [0.15, 0.2) is 0 Å². The fraction of sp³-hybridized carbons (Fsp3) is 0.533. The molecule has 1 amide bonds. The van der Waals surface area contributed by atoms with Crippen molar-refractivity contribution < 1.29 is 4.79 Å². The molecule has 3 rings (SSSR count). The largest absolute Gasteiger partial charge is 0.397 e. The molecule has 2 unspecified atom stereocenters. The van der Waals surface area contributed by atoms with Gasteiger partial charge in [0.1, 0.15) is 9.71 Å². The van der Waals surface area contributed by atoms with Gasteiger partial charge in [0.25, 0.3) is 5.91 Å². The third-order valence-corrected chi connectivity index (χ3v) is 5.54. The molecule has 5 nitrogen and oxygen atoms in total. The van der Waals surface area contributed by atoms with Crippen LogP contribution in [0.2, 0.25) is 0 Å². The number of nitrogen functional groups attached to an aromatic ring is 1. The van der Waals surface area contributed by atoms with Gasteiger partial charge in [0, 0.05) is 19.0 Å². The monoisotopic (exact) mass is 304 g/mol. The first-order chi connectivity index (χ1) is 9.90. The third-order valence-electron chi connectivity index (χ3n) is 4.46. The minimum Gasteiger partial charge on any atom is -0.397 e. The van der Waals surface area contributed by atoms with E-state index in [0.29, 0.717) is 16.5 Å². The first-order valence-electron chi connectivity index (χ1n) is 7.17. The topological polar surface area (TPSA) is 72.1 Å². The number of hydrogen-bond donors (Lipinski definition) is 1. The molecule has 2 atom stereocenters. The summed E-state index contributed by atoms with van der Waals surface area (Å²) in [5.74, 6) is 1.36. The predicted molar refractivity (Wildman–Crippen MR) is 85.5 cm³/mol. The van der Waals surface area contributed by atoms with Crippen molar-refractivity contribution in [3.63, 3.8) is 0 Å². The molecule has 1 aliphatic rings. The smallest absolute Gasteiger partial charge is 0.265 e. The lowest BCUT2D eigenvalue weighted by Crippen LogP contribution is -2.28. The summed E-state index contributed by atoms with van der Waals surface area (Å²) in [6.45, 7) is 6.90. The molecule has 2 aromatic rings. The molecule has 2 aromatic heterocycles. The zero-order valence-electron chi connectivity index (χ0n) is 12.8. The molecule has 1 aliphatic carbocycles. The van der Waals surface area contributed by atoms with Crippen LogP contribution in [0.4, 0.5) is 5.69 Å². The fourth-order valence-electron chi connectivity index (χ4n) is 2.66. The maximum Gasteiger partial charge on any atom is 0.265 e. The fourth-order valence-corrected chi connectivity index (χ4v) is 3.76. The van der Waals surface area contributed by atoms with Gasteiger partial charge in [-0.25, -0.2) is 0 Å². The highest BCUT2D eigenvalue weighted by molar-refractivity contribution is 7.21. The molecule has 0 radical (unpaired) electrons. The van der Waals surface area contributed by atoms with E-state index in [4.69, 9.17) is 5.73 Å². The van der Waals surface area contributed by atoms with Gasteiger partial charge in [-0.1, -0.05) is 6.92 Å². The Balaban J connectivity index is 1.94. The lowest BCUT2D eigenvalue weighted by atomic mass is 10.1. The number of amides is 1. The zero-order chi connectivity index (χ0) is 15.3. The third kappa shape index (κ3) is 2.37. The molecule has 0 aromatic carbocycles. The summed E-state index contributed by atoms with van der Waals surface area (Å²) in [5.41, 5.74) is 8.62. The summed E-state index contributed by atoms with van der Waals surface area (Å²) < 4.78 is 0. The molecule has 0 saturated heterocycles. The molecule has 1 saturated carbocycles. The maximum absolute atomic E-state index is 12.6. The molecule has 0 aliphatic heterocycles. The molecule has 0 bridgehead atoms. The number of rotatable bonds is 3. The van der Waals surface area contributed by atoms with Gasteiger partial charge < -0.3 is 10.6 Å². The van der Waals surface area contributed by atoms with Crippen molar-refractivity contribution in [2.75, 3.05) is 19.3 Å². The van der Waals surface area contributed by atoms with Gasteiger partial charge in [0.05, 0.1) is 11.4 Å². The molecule has 0 spiro atoms. The summed E-state index contributed by atoms with van der Waals surface area (Å²) in [7, 11) is 1.85. The highest BCUT2D eigenvalue weighted by Gasteiger charge is 2.35. The Hall–Kier alpha value is -1.69. The van der Waals surface area contributed by atoms with Gasteiger partial charge in [-0.3, -0.25) is 4.79 Å². The normalized spacial score (nSPS) is 20.8. The molecule has 6 heteroatoms. The number of fused-ring (bicyclic) bond motifs is 1. The summed E-state index contributed by atoms with van der Waals surface area (Å²) >= 11 is 1.34. The Morgan fingerprint density at radius 2 is 2.10 bits per heavy atom. The van der Waals surface area contributed by atoms with Crippen LogP contribution in [-0.2, 0) is 0 Å². The molecule has 2 heterocycles. The Bertz CT molecular complexity index is 724. The number of carbonyl (C=O) groups excluding carboxylic acids is 1. The number of thiophene rings is 1. The van der Waals surface area contributed by atoms with Crippen LogP contribution in [-0.4, -0.2) is 34.6 Å². The van der Waals surface area contributed by atoms with E-state index in [2.05, 4.69) is 17.1 Å². The maximum atomic E-state index is 12.6. The van der Waals surface area contributed by atoms with Gasteiger partial charge in [-0.05, 0) is 37.7 Å². The second-order valence-electron chi connectivity index (χ2n) is 6.09.